The second-order valence-corrected chi connectivity index (χ2v) is 4.72. The minimum Gasteiger partial charge on any atom is -0.497 e. The summed E-state index contributed by atoms with van der Waals surface area (Å²) in [7, 11) is 1.59. The summed E-state index contributed by atoms with van der Waals surface area (Å²) in [5, 5.41) is 6.74. The molecule has 0 aliphatic rings. The Morgan fingerprint density at radius 2 is 2.00 bits per heavy atom. The molecule has 116 valence electrons. The van der Waals surface area contributed by atoms with Crippen LogP contribution in [0, 0.1) is 0 Å². The Bertz CT molecular complexity index is 881. The molecular weight excluding hydrogens is 296 g/mol. The van der Waals surface area contributed by atoms with Gasteiger partial charge < -0.3 is 15.0 Å². The van der Waals surface area contributed by atoms with Crippen molar-refractivity contribution < 1.29 is 9.53 Å². The van der Waals surface area contributed by atoms with Crippen molar-refractivity contribution in [2.24, 2.45) is 0 Å². The Hall–Kier alpha value is -3.35. The van der Waals surface area contributed by atoms with E-state index in [2.05, 4.69) is 15.4 Å². The lowest BCUT2D eigenvalue weighted by Gasteiger charge is -2.04. The number of rotatable bonds is 4. The van der Waals surface area contributed by atoms with Gasteiger partial charge in [0, 0.05) is 24.7 Å². The van der Waals surface area contributed by atoms with E-state index in [4.69, 9.17) is 4.74 Å². The third-order valence-corrected chi connectivity index (χ3v) is 3.23. The molecule has 0 aliphatic carbocycles. The molecular formula is C16H14N4O3. The molecule has 2 N–H and O–H groups in total. The van der Waals surface area contributed by atoms with Gasteiger partial charge in [0.2, 0.25) is 5.43 Å². The van der Waals surface area contributed by atoms with Crippen LogP contribution in [0.5, 0.6) is 5.75 Å². The molecule has 0 saturated carbocycles. The van der Waals surface area contributed by atoms with Gasteiger partial charge in [-0.15, -0.1) is 0 Å². The number of methoxy groups -OCH3 is 1. The molecule has 0 fully saturated rings. The second kappa shape index (κ2) is 6.18. The maximum atomic E-state index is 12.2. The maximum absolute atomic E-state index is 12.2. The number of benzene rings is 1. The fraction of sp³-hybridized carbons (Fsp3) is 0.0625. The van der Waals surface area contributed by atoms with Crippen LogP contribution in [-0.2, 0) is 0 Å². The molecule has 1 aromatic carbocycles. The van der Waals surface area contributed by atoms with Gasteiger partial charge in [0.05, 0.1) is 12.8 Å². The van der Waals surface area contributed by atoms with Gasteiger partial charge in [-0.25, -0.2) is 4.68 Å². The van der Waals surface area contributed by atoms with Gasteiger partial charge in [-0.2, -0.15) is 5.10 Å². The number of nitrogens with zero attached hydrogens (tertiary/aromatic N) is 2. The number of aromatic amines is 1. The van der Waals surface area contributed by atoms with Crippen LogP contribution in [0.15, 0.2) is 59.8 Å². The molecule has 3 rings (SSSR count). The van der Waals surface area contributed by atoms with Crippen LogP contribution < -0.4 is 15.5 Å². The molecule has 0 atom stereocenters. The van der Waals surface area contributed by atoms with E-state index >= 15 is 0 Å². The van der Waals surface area contributed by atoms with Gasteiger partial charge in [-0.1, -0.05) is 0 Å². The highest BCUT2D eigenvalue weighted by Gasteiger charge is 2.12. The number of carbonyl (C=O) groups is 1. The number of pyridine rings is 1. The molecule has 1 amide bonds. The maximum Gasteiger partial charge on any atom is 0.276 e. The normalized spacial score (nSPS) is 10.3. The molecule has 0 spiro atoms. The van der Waals surface area contributed by atoms with E-state index in [0.29, 0.717) is 0 Å². The summed E-state index contributed by atoms with van der Waals surface area (Å²) >= 11 is 0. The minimum atomic E-state index is -0.450. The lowest BCUT2D eigenvalue weighted by Crippen LogP contribution is -2.18. The first-order valence-electron chi connectivity index (χ1n) is 6.86. The standard InChI is InChI=1S/C16H14N4O3/c1-23-12-4-2-11(3-5-12)20-9-7-13(19-20)16(22)18-14-10-17-8-6-15(14)21/h2-10H,1H3,(H,17,21)(H,18,22). The van der Waals surface area contributed by atoms with Crippen molar-refractivity contribution in [1.82, 2.24) is 14.8 Å². The van der Waals surface area contributed by atoms with Gasteiger partial charge in [-0.3, -0.25) is 9.59 Å². The van der Waals surface area contributed by atoms with Crippen LogP contribution in [0.3, 0.4) is 0 Å². The van der Waals surface area contributed by atoms with E-state index in [1.807, 2.05) is 12.1 Å². The van der Waals surface area contributed by atoms with E-state index < -0.39 is 5.91 Å². The fourth-order valence-electron chi connectivity index (χ4n) is 2.02. The molecule has 7 heteroatoms. The molecule has 0 aliphatic heterocycles. The van der Waals surface area contributed by atoms with Crippen molar-refractivity contribution in [3.8, 4) is 11.4 Å². The number of ether oxygens (including phenoxy) is 1. The Labute approximate surface area is 131 Å². The fourth-order valence-corrected chi connectivity index (χ4v) is 2.02. The lowest BCUT2D eigenvalue weighted by molar-refractivity contribution is 0.102. The lowest BCUT2D eigenvalue weighted by atomic mass is 10.3. The zero-order valence-electron chi connectivity index (χ0n) is 12.3. The van der Waals surface area contributed by atoms with Gasteiger partial charge in [0.25, 0.3) is 5.91 Å². The van der Waals surface area contributed by atoms with Gasteiger partial charge in [-0.05, 0) is 30.3 Å². The Kier molecular flexibility index (Phi) is 3.92. The van der Waals surface area contributed by atoms with Gasteiger partial charge in [0.15, 0.2) is 5.69 Å². The van der Waals surface area contributed by atoms with E-state index in [1.165, 1.54) is 18.5 Å². The molecule has 2 heterocycles. The summed E-state index contributed by atoms with van der Waals surface area (Å²) in [5.41, 5.74) is 0.912. The number of hydrogen-bond acceptors (Lipinski definition) is 4. The third-order valence-electron chi connectivity index (χ3n) is 3.23. The van der Waals surface area contributed by atoms with E-state index in [1.54, 1.807) is 36.2 Å². The van der Waals surface area contributed by atoms with Crippen LogP contribution in [0.1, 0.15) is 10.5 Å². The van der Waals surface area contributed by atoms with E-state index in [-0.39, 0.29) is 16.8 Å². The summed E-state index contributed by atoms with van der Waals surface area (Å²) in [6, 6.07) is 10.2. The Balaban J connectivity index is 1.79. The topological polar surface area (TPSA) is 89.0 Å². The van der Waals surface area contributed by atoms with Crippen molar-refractivity contribution in [3.63, 3.8) is 0 Å². The Morgan fingerprint density at radius 3 is 2.70 bits per heavy atom. The van der Waals surface area contributed by atoms with Crippen LogP contribution in [-0.4, -0.2) is 27.8 Å². The number of carbonyl (C=O) groups excluding carboxylic acids is 1. The SMILES string of the molecule is COc1ccc(-n2ccc(C(=O)Nc3c[nH]ccc3=O)n2)cc1. The van der Waals surface area contributed by atoms with Crippen molar-refractivity contribution >= 4 is 11.6 Å². The third kappa shape index (κ3) is 3.13. The molecule has 3 aromatic rings. The average molecular weight is 310 g/mol. The predicted octanol–water partition coefficient (Wildman–Crippen LogP) is 1.82. The van der Waals surface area contributed by atoms with Gasteiger partial charge >= 0.3 is 0 Å². The van der Waals surface area contributed by atoms with Gasteiger partial charge in [0.1, 0.15) is 11.4 Å². The number of amides is 1. The smallest absolute Gasteiger partial charge is 0.276 e. The highest BCUT2D eigenvalue weighted by atomic mass is 16.5. The number of aromatic nitrogens is 3. The summed E-state index contributed by atoms with van der Waals surface area (Å²) < 4.78 is 6.67. The molecule has 23 heavy (non-hydrogen) atoms. The molecule has 7 nitrogen and oxygen atoms in total. The van der Waals surface area contributed by atoms with Crippen molar-refractivity contribution in [3.05, 3.63) is 70.9 Å². The predicted molar refractivity (Wildman–Crippen MR) is 85.1 cm³/mol. The first-order valence-corrected chi connectivity index (χ1v) is 6.86. The van der Waals surface area contributed by atoms with Crippen LogP contribution >= 0.6 is 0 Å². The van der Waals surface area contributed by atoms with Crippen LogP contribution in [0.2, 0.25) is 0 Å². The molecule has 0 radical (unpaired) electrons. The Morgan fingerprint density at radius 1 is 1.22 bits per heavy atom. The quantitative estimate of drug-likeness (QED) is 0.769. The van der Waals surface area contributed by atoms with Crippen molar-refractivity contribution in [2.75, 3.05) is 12.4 Å². The van der Waals surface area contributed by atoms with Crippen molar-refractivity contribution in [1.29, 1.82) is 0 Å². The number of hydrogen-bond donors (Lipinski definition) is 2. The first kappa shape index (κ1) is 14.6. The number of anilines is 1. The molecule has 2 aromatic heterocycles. The highest BCUT2D eigenvalue weighted by molar-refractivity contribution is 6.02. The number of H-pyrrole nitrogens is 1. The van der Waals surface area contributed by atoms with Crippen LogP contribution in [0.4, 0.5) is 5.69 Å². The molecule has 0 bridgehead atoms. The second-order valence-electron chi connectivity index (χ2n) is 4.72. The zero-order chi connectivity index (χ0) is 16.2. The minimum absolute atomic E-state index is 0.177. The van der Waals surface area contributed by atoms with Crippen molar-refractivity contribution in [2.45, 2.75) is 0 Å². The monoisotopic (exact) mass is 310 g/mol. The van der Waals surface area contributed by atoms with E-state index in [9.17, 15) is 9.59 Å². The largest absolute Gasteiger partial charge is 0.497 e. The summed E-state index contributed by atoms with van der Waals surface area (Å²) in [5.74, 6) is 0.288. The van der Waals surface area contributed by atoms with E-state index in [0.717, 1.165) is 11.4 Å². The molecule has 0 saturated heterocycles. The van der Waals surface area contributed by atoms with Crippen LogP contribution in [0.25, 0.3) is 5.69 Å². The summed E-state index contributed by atoms with van der Waals surface area (Å²) in [6.07, 6.45) is 4.60. The average Bonchev–Trinajstić information content (AvgIpc) is 3.07. The summed E-state index contributed by atoms with van der Waals surface area (Å²) in [6.45, 7) is 0. The summed E-state index contributed by atoms with van der Waals surface area (Å²) in [4.78, 5) is 26.5. The molecule has 0 unspecified atom stereocenters. The zero-order valence-corrected chi connectivity index (χ0v) is 12.3. The highest BCUT2D eigenvalue weighted by Crippen LogP contribution is 2.14. The first-order chi connectivity index (χ1) is 11.2. The number of nitrogens with one attached hydrogen (secondary N) is 2.